The molecule has 5 aromatic rings. The summed E-state index contributed by atoms with van der Waals surface area (Å²) in [6.45, 7) is 2.04. The van der Waals surface area contributed by atoms with Crippen molar-refractivity contribution < 1.29 is 23.1 Å². The smallest absolute Gasteiger partial charge is 0.335 e. The van der Waals surface area contributed by atoms with Gasteiger partial charge in [0.25, 0.3) is 0 Å². The molecule has 0 aliphatic carbocycles. The van der Waals surface area contributed by atoms with Crippen molar-refractivity contribution >= 4 is 26.6 Å². The van der Waals surface area contributed by atoms with Crippen LogP contribution in [0.1, 0.15) is 21.5 Å². The number of para-hydroxylation sites is 1. The minimum atomic E-state index is -3.83. The van der Waals surface area contributed by atoms with Crippen LogP contribution in [0.2, 0.25) is 0 Å². The van der Waals surface area contributed by atoms with E-state index in [0.29, 0.717) is 11.5 Å². The van der Waals surface area contributed by atoms with Crippen LogP contribution < -0.4 is 4.74 Å². The molecule has 0 aliphatic rings. The van der Waals surface area contributed by atoms with Gasteiger partial charge in [-0.25, -0.2) is 13.2 Å². The number of carbonyl (C=O) groups is 1. The van der Waals surface area contributed by atoms with E-state index in [9.17, 15) is 18.3 Å². The zero-order chi connectivity index (χ0) is 26.0. The summed E-state index contributed by atoms with van der Waals surface area (Å²) in [5.74, 6) is -0.461. The van der Waals surface area contributed by atoms with Gasteiger partial charge in [0.2, 0.25) is 0 Å². The van der Waals surface area contributed by atoms with E-state index in [1.807, 2.05) is 73.7 Å². The Morgan fingerprint density at radius 3 is 2.11 bits per heavy atom. The highest BCUT2D eigenvalue weighted by Crippen LogP contribution is 2.33. The average Bonchev–Trinajstić information content (AvgIpc) is 2.90. The summed E-state index contributed by atoms with van der Waals surface area (Å²) >= 11 is 0. The molecule has 0 bridgehead atoms. The largest absolute Gasteiger partial charge is 0.478 e. The van der Waals surface area contributed by atoms with E-state index in [-0.39, 0.29) is 16.0 Å². The fourth-order valence-corrected chi connectivity index (χ4v) is 5.78. The number of carboxylic acid groups (broad SMARTS) is 1. The molecular formula is C31H24O5S. The predicted molar refractivity (Wildman–Crippen MR) is 145 cm³/mol. The van der Waals surface area contributed by atoms with Gasteiger partial charge in [0, 0.05) is 0 Å². The third-order valence-electron chi connectivity index (χ3n) is 6.30. The maximum atomic E-state index is 13.3. The first-order chi connectivity index (χ1) is 17.8. The standard InChI is InChI=1S/C31H24O5S/c1-21-11-17-28(30-10-6-5-9-27(21)30)22-12-18-29(31(32)33)23(19-22)20-37(34,35)26-15-13-25(14-16-26)36-24-7-3-2-4-8-24/h2-19H,20H2,1H3,(H,32,33). The molecule has 0 aliphatic heterocycles. The van der Waals surface area contributed by atoms with Gasteiger partial charge in [0.05, 0.1) is 16.2 Å². The molecule has 0 spiro atoms. The minimum absolute atomic E-state index is 0.0345. The van der Waals surface area contributed by atoms with Crippen LogP contribution in [0.4, 0.5) is 0 Å². The zero-order valence-corrected chi connectivity index (χ0v) is 20.9. The third-order valence-corrected chi connectivity index (χ3v) is 7.98. The SMILES string of the molecule is Cc1ccc(-c2ccc(C(=O)O)c(CS(=O)(=O)c3ccc(Oc4ccccc4)cc3)c2)c2ccccc12. The Labute approximate surface area is 215 Å². The van der Waals surface area contributed by atoms with Gasteiger partial charge < -0.3 is 9.84 Å². The molecule has 184 valence electrons. The summed E-state index contributed by atoms with van der Waals surface area (Å²) in [4.78, 5) is 12.0. The number of carboxylic acids is 1. The van der Waals surface area contributed by atoms with Crippen LogP contribution >= 0.6 is 0 Å². The van der Waals surface area contributed by atoms with Crippen molar-refractivity contribution in [3.8, 4) is 22.6 Å². The van der Waals surface area contributed by atoms with Crippen molar-refractivity contribution in [1.82, 2.24) is 0 Å². The highest BCUT2D eigenvalue weighted by atomic mass is 32.2. The topological polar surface area (TPSA) is 80.7 Å². The van der Waals surface area contributed by atoms with Gasteiger partial charge in [-0.3, -0.25) is 0 Å². The molecule has 0 unspecified atom stereocenters. The van der Waals surface area contributed by atoms with Crippen molar-refractivity contribution in [2.24, 2.45) is 0 Å². The Kier molecular flexibility index (Phi) is 6.51. The molecule has 0 atom stereocenters. The number of fused-ring (bicyclic) bond motifs is 1. The summed E-state index contributed by atoms with van der Waals surface area (Å²) in [5.41, 5.74) is 3.01. The number of hydrogen-bond donors (Lipinski definition) is 1. The maximum Gasteiger partial charge on any atom is 0.335 e. The minimum Gasteiger partial charge on any atom is -0.478 e. The lowest BCUT2D eigenvalue weighted by atomic mass is 9.93. The summed E-state index contributed by atoms with van der Waals surface area (Å²) in [7, 11) is -3.83. The van der Waals surface area contributed by atoms with Gasteiger partial charge in [-0.15, -0.1) is 0 Å². The summed E-state index contributed by atoms with van der Waals surface area (Å²) in [6, 6.07) is 32.2. The van der Waals surface area contributed by atoms with Crippen molar-refractivity contribution in [2.45, 2.75) is 17.6 Å². The summed E-state index contributed by atoms with van der Waals surface area (Å²) < 4.78 is 32.4. The van der Waals surface area contributed by atoms with Crippen molar-refractivity contribution in [2.75, 3.05) is 0 Å². The number of benzene rings is 5. The Bertz CT molecular complexity index is 1710. The lowest BCUT2D eigenvalue weighted by Crippen LogP contribution is -2.10. The first-order valence-corrected chi connectivity index (χ1v) is 13.4. The van der Waals surface area contributed by atoms with Crippen LogP contribution in [0, 0.1) is 6.92 Å². The number of ether oxygens (including phenoxy) is 1. The van der Waals surface area contributed by atoms with Gasteiger partial charge in [0.1, 0.15) is 11.5 Å². The lowest BCUT2D eigenvalue weighted by molar-refractivity contribution is 0.0696. The molecule has 0 heterocycles. The first kappa shape index (κ1) is 24.3. The van der Waals surface area contributed by atoms with Crippen LogP contribution in [0.25, 0.3) is 21.9 Å². The molecule has 0 fully saturated rings. The molecule has 6 heteroatoms. The monoisotopic (exact) mass is 508 g/mol. The molecule has 5 rings (SSSR count). The predicted octanol–water partition coefficient (Wildman–Crippen LogP) is 7.28. The lowest BCUT2D eigenvalue weighted by Gasteiger charge is -2.13. The van der Waals surface area contributed by atoms with E-state index in [1.54, 1.807) is 24.3 Å². The number of sulfone groups is 1. The first-order valence-electron chi connectivity index (χ1n) is 11.7. The van der Waals surface area contributed by atoms with E-state index in [4.69, 9.17) is 4.74 Å². The Morgan fingerprint density at radius 2 is 1.41 bits per heavy atom. The third kappa shape index (κ3) is 5.10. The van der Waals surface area contributed by atoms with Crippen LogP contribution in [0.5, 0.6) is 11.5 Å². The number of hydrogen-bond acceptors (Lipinski definition) is 4. The molecule has 0 radical (unpaired) electrons. The summed E-state index contributed by atoms with van der Waals surface area (Å²) in [6.07, 6.45) is 0. The molecule has 0 saturated carbocycles. The van der Waals surface area contributed by atoms with Gasteiger partial charge in [-0.1, -0.05) is 60.7 Å². The van der Waals surface area contributed by atoms with Crippen molar-refractivity contribution in [3.63, 3.8) is 0 Å². The number of rotatable bonds is 7. The normalized spacial score (nSPS) is 11.4. The van der Waals surface area contributed by atoms with Crippen molar-refractivity contribution in [1.29, 1.82) is 0 Å². The molecule has 5 aromatic carbocycles. The molecule has 0 amide bonds. The van der Waals surface area contributed by atoms with Gasteiger partial charge in [-0.2, -0.15) is 0 Å². The Balaban J connectivity index is 1.49. The Hall–Kier alpha value is -4.42. The highest BCUT2D eigenvalue weighted by molar-refractivity contribution is 7.90. The Morgan fingerprint density at radius 1 is 0.757 bits per heavy atom. The second-order valence-electron chi connectivity index (χ2n) is 8.80. The molecule has 0 aromatic heterocycles. The van der Waals surface area contributed by atoms with Crippen LogP contribution in [-0.4, -0.2) is 19.5 Å². The van der Waals surface area contributed by atoms with E-state index in [0.717, 1.165) is 27.5 Å². The molecule has 1 N–H and O–H groups in total. The molecule has 0 saturated heterocycles. The van der Waals surface area contributed by atoms with E-state index < -0.39 is 21.6 Å². The second kappa shape index (κ2) is 9.91. The number of aryl methyl sites for hydroxylation is 1. The van der Waals surface area contributed by atoms with Gasteiger partial charge in [0.15, 0.2) is 9.84 Å². The van der Waals surface area contributed by atoms with E-state index in [2.05, 4.69) is 0 Å². The van der Waals surface area contributed by atoms with E-state index in [1.165, 1.54) is 18.2 Å². The number of aromatic carboxylic acids is 1. The molecular weight excluding hydrogens is 484 g/mol. The van der Waals surface area contributed by atoms with Crippen LogP contribution in [0.3, 0.4) is 0 Å². The maximum absolute atomic E-state index is 13.3. The second-order valence-corrected chi connectivity index (χ2v) is 10.8. The fraction of sp³-hybridized carbons (Fsp3) is 0.0645. The molecule has 5 nitrogen and oxygen atoms in total. The fourth-order valence-electron chi connectivity index (χ4n) is 4.42. The highest BCUT2D eigenvalue weighted by Gasteiger charge is 2.21. The van der Waals surface area contributed by atoms with E-state index >= 15 is 0 Å². The van der Waals surface area contributed by atoms with Gasteiger partial charge >= 0.3 is 5.97 Å². The van der Waals surface area contributed by atoms with Crippen LogP contribution in [0.15, 0.2) is 114 Å². The molecule has 37 heavy (non-hydrogen) atoms. The quantitative estimate of drug-likeness (QED) is 0.250. The average molecular weight is 509 g/mol. The zero-order valence-electron chi connectivity index (χ0n) is 20.1. The van der Waals surface area contributed by atoms with Crippen LogP contribution in [-0.2, 0) is 15.6 Å². The van der Waals surface area contributed by atoms with Crippen molar-refractivity contribution in [3.05, 3.63) is 126 Å². The summed E-state index contributed by atoms with van der Waals surface area (Å²) in [5, 5.41) is 11.9. The van der Waals surface area contributed by atoms with Gasteiger partial charge in [-0.05, 0) is 88.5 Å².